The van der Waals surface area contributed by atoms with Crippen molar-refractivity contribution >= 4 is 11.6 Å². The second-order valence-corrected chi connectivity index (χ2v) is 5.89. The van der Waals surface area contributed by atoms with Gasteiger partial charge in [-0.15, -0.1) is 0 Å². The van der Waals surface area contributed by atoms with Gasteiger partial charge >= 0.3 is 0 Å². The van der Waals surface area contributed by atoms with Gasteiger partial charge in [0.05, 0.1) is 11.4 Å². The zero-order valence-corrected chi connectivity index (χ0v) is 12.8. The van der Waals surface area contributed by atoms with Crippen molar-refractivity contribution in [1.82, 2.24) is 9.97 Å². The quantitative estimate of drug-likeness (QED) is 0.808. The molecular formula is C17H22N4O. The summed E-state index contributed by atoms with van der Waals surface area (Å²) in [6.45, 7) is 1.87. The van der Waals surface area contributed by atoms with E-state index in [1.165, 1.54) is 19.3 Å². The number of nitrogens with two attached hydrogens (primary N) is 1. The van der Waals surface area contributed by atoms with Crippen molar-refractivity contribution < 1.29 is 5.11 Å². The highest BCUT2D eigenvalue weighted by atomic mass is 16.3. The molecule has 4 N–H and O–H groups in total. The topological polar surface area (TPSA) is 84.1 Å². The average molecular weight is 298 g/mol. The van der Waals surface area contributed by atoms with E-state index < -0.39 is 0 Å². The Hall–Kier alpha value is -2.30. The van der Waals surface area contributed by atoms with Crippen molar-refractivity contribution in [1.29, 1.82) is 0 Å². The van der Waals surface area contributed by atoms with Gasteiger partial charge in [-0.2, -0.15) is 0 Å². The first-order valence-corrected chi connectivity index (χ1v) is 7.84. The second kappa shape index (κ2) is 6.22. The van der Waals surface area contributed by atoms with Crippen LogP contribution in [0.2, 0.25) is 0 Å². The Labute approximate surface area is 130 Å². The Morgan fingerprint density at radius 1 is 1.14 bits per heavy atom. The number of nitrogens with one attached hydrogen (secondary N) is 1. The highest BCUT2D eigenvalue weighted by molar-refractivity contribution is 5.78. The highest BCUT2D eigenvalue weighted by Gasteiger charge is 2.17. The van der Waals surface area contributed by atoms with Gasteiger partial charge in [0.1, 0.15) is 11.4 Å². The molecule has 1 fully saturated rings. The van der Waals surface area contributed by atoms with Gasteiger partial charge in [0.2, 0.25) is 5.95 Å². The molecule has 3 rings (SSSR count). The highest BCUT2D eigenvalue weighted by Crippen LogP contribution is 2.33. The molecule has 1 aromatic heterocycles. The third kappa shape index (κ3) is 2.98. The molecule has 1 saturated carbocycles. The van der Waals surface area contributed by atoms with Crippen molar-refractivity contribution in [3.05, 3.63) is 30.0 Å². The normalized spacial score (nSPS) is 15.7. The number of rotatable bonds is 3. The fourth-order valence-corrected chi connectivity index (χ4v) is 2.95. The number of nitrogen functional groups attached to an aromatic ring is 1. The van der Waals surface area contributed by atoms with E-state index in [2.05, 4.69) is 15.3 Å². The van der Waals surface area contributed by atoms with Crippen molar-refractivity contribution in [2.45, 2.75) is 45.1 Å². The monoisotopic (exact) mass is 298 g/mol. The lowest BCUT2D eigenvalue weighted by Crippen LogP contribution is -2.24. The van der Waals surface area contributed by atoms with Crippen LogP contribution in [0.4, 0.5) is 11.6 Å². The van der Waals surface area contributed by atoms with Crippen LogP contribution in [-0.4, -0.2) is 21.1 Å². The lowest BCUT2D eigenvalue weighted by atomic mass is 9.96. The van der Waals surface area contributed by atoms with Gasteiger partial charge in [0, 0.05) is 11.6 Å². The Kier molecular flexibility index (Phi) is 4.13. The Bertz CT molecular complexity index is 666. The molecule has 0 bridgehead atoms. The minimum Gasteiger partial charge on any atom is -0.507 e. The van der Waals surface area contributed by atoms with Gasteiger partial charge in [0.25, 0.3) is 0 Å². The van der Waals surface area contributed by atoms with Gasteiger partial charge in [-0.1, -0.05) is 31.4 Å². The van der Waals surface area contributed by atoms with Gasteiger partial charge in [0.15, 0.2) is 0 Å². The maximum Gasteiger partial charge on any atom is 0.223 e. The van der Waals surface area contributed by atoms with Crippen molar-refractivity contribution in [2.24, 2.45) is 0 Å². The van der Waals surface area contributed by atoms with E-state index in [1.807, 2.05) is 19.1 Å². The summed E-state index contributed by atoms with van der Waals surface area (Å²) in [6, 6.07) is 7.52. The fraction of sp³-hybridized carbons (Fsp3) is 0.412. The predicted molar refractivity (Wildman–Crippen MR) is 88.8 cm³/mol. The van der Waals surface area contributed by atoms with Crippen LogP contribution in [0.25, 0.3) is 11.3 Å². The number of benzene rings is 1. The van der Waals surface area contributed by atoms with Crippen LogP contribution < -0.4 is 11.1 Å². The molecule has 2 aromatic rings. The van der Waals surface area contributed by atoms with Gasteiger partial charge < -0.3 is 16.2 Å². The molecule has 1 aliphatic rings. The van der Waals surface area contributed by atoms with E-state index in [9.17, 15) is 5.11 Å². The van der Waals surface area contributed by atoms with Gasteiger partial charge in [-0.3, -0.25) is 0 Å². The molecule has 5 nitrogen and oxygen atoms in total. The second-order valence-electron chi connectivity index (χ2n) is 5.89. The number of nitrogens with zero attached hydrogens (tertiary/aromatic N) is 2. The van der Waals surface area contributed by atoms with Crippen molar-refractivity contribution in [3.8, 4) is 17.0 Å². The number of para-hydroxylation sites is 1. The van der Waals surface area contributed by atoms with E-state index >= 15 is 0 Å². The molecule has 0 radical (unpaired) electrons. The lowest BCUT2D eigenvalue weighted by Gasteiger charge is -2.23. The molecule has 22 heavy (non-hydrogen) atoms. The number of anilines is 2. The van der Waals surface area contributed by atoms with E-state index in [4.69, 9.17) is 5.73 Å². The third-order valence-corrected chi connectivity index (χ3v) is 4.23. The minimum absolute atomic E-state index is 0.177. The summed E-state index contributed by atoms with van der Waals surface area (Å²) in [4.78, 5) is 9.00. The largest absolute Gasteiger partial charge is 0.507 e. The molecule has 0 aliphatic heterocycles. The molecule has 0 amide bonds. The van der Waals surface area contributed by atoms with Gasteiger partial charge in [-0.05, 0) is 31.9 Å². The van der Waals surface area contributed by atoms with Crippen LogP contribution >= 0.6 is 0 Å². The molecule has 1 heterocycles. The number of phenols is 1. The summed E-state index contributed by atoms with van der Waals surface area (Å²) in [5, 5.41) is 13.5. The SMILES string of the molecule is Cc1nc(NC2CCCCC2)nc(-c2ccccc2O)c1N. The lowest BCUT2D eigenvalue weighted by molar-refractivity contribution is 0.461. The standard InChI is InChI=1S/C17H22N4O/c1-11-15(18)16(13-9-5-6-10-14(13)22)21-17(19-11)20-12-7-3-2-4-8-12/h5-6,9-10,12,22H,2-4,7-8,18H2,1H3,(H,19,20,21). The van der Waals surface area contributed by atoms with E-state index in [0.717, 1.165) is 18.5 Å². The zero-order chi connectivity index (χ0) is 15.5. The first-order chi connectivity index (χ1) is 10.6. The molecule has 0 spiro atoms. The third-order valence-electron chi connectivity index (χ3n) is 4.23. The summed E-state index contributed by atoms with van der Waals surface area (Å²) in [6.07, 6.45) is 6.11. The molecular weight excluding hydrogens is 276 g/mol. The fourth-order valence-electron chi connectivity index (χ4n) is 2.95. The van der Waals surface area contributed by atoms with Crippen molar-refractivity contribution in [3.63, 3.8) is 0 Å². The number of hydrogen-bond donors (Lipinski definition) is 3. The molecule has 0 saturated heterocycles. The van der Waals surface area contributed by atoms with Crippen LogP contribution in [-0.2, 0) is 0 Å². The summed E-state index contributed by atoms with van der Waals surface area (Å²) >= 11 is 0. The Morgan fingerprint density at radius 2 is 1.86 bits per heavy atom. The summed E-state index contributed by atoms with van der Waals surface area (Å²) in [7, 11) is 0. The first-order valence-electron chi connectivity index (χ1n) is 7.84. The summed E-state index contributed by atoms with van der Waals surface area (Å²) in [5.41, 5.74) is 8.58. The van der Waals surface area contributed by atoms with E-state index in [-0.39, 0.29) is 5.75 Å². The maximum absolute atomic E-state index is 10.1. The number of hydrogen-bond acceptors (Lipinski definition) is 5. The molecule has 0 unspecified atom stereocenters. The predicted octanol–water partition coefficient (Wildman–Crippen LogP) is 3.48. The summed E-state index contributed by atoms with van der Waals surface area (Å²) < 4.78 is 0. The summed E-state index contributed by atoms with van der Waals surface area (Å²) in [5.74, 6) is 0.771. The van der Waals surface area contributed by atoms with Crippen LogP contribution in [0.5, 0.6) is 5.75 Å². The smallest absolute Gasteiger partial charge is 0.223 e. The van der Waals surface area contributed by atoms with Crippen LogP contribution in [0.1, 0.15) is 37.8 Å². The Balaban J connectivity index is 1.95. The molecule has 0 atom stereocenters. The van der Waals surface area contributed by atoms with Crippen LogP contribution in [0, 0.1) is 6.92 Å². The van der Waals surface area contributed by atoms with Crippen LogP contribution in [0.3, 0.4) is 0 Å². The molecule has 5 heteroatoms. The van der Waals surface area contributed by atoms with E-state index in [0.29, 0.717) is 28.9 Å². The molecule has 116 valence electrons. The number of phenolic OH excluding ortho intramolecular Hbond substituents is 1. The molecule has 1 aliphatic carbocycles. The molecule has 1 aromatic carbocycles. The Morgan fingerprint density at radius 3 is 2.59 bits per heavy atom. The number of aryl methyl sites for hydroxylation is 1. The first kappa shape index (κ1) is 14.6. The van der Waals surface area contributed by atoms with Gasteiger partial charge in [-0.25, -0.2) is 9.97 Å². The van der Waals surface area contributed by atoms with Crippen LogP contribution in [0.15, 0.2) is 24.3 Å². The average Bonchev–Trinajstić information content (AvgIpc) is 2.52. The van der Waals surface area contributed by atoms with E-state index in [1.54, 1.807) is 12.1 Å². The number of aromatic hydroxyl groups is 1. The maximum atomic E-state index is 10.1. The minimum atomic E-state index is 0.177. The zero-order valence-electron chi connectivity index (χ0n) is 12.8. The number of aromatic nitrogens is 2. The van der Waals surface area contributed by atoms with Crippen molar-refractivity contribution in [2.75, 3.05) is 11.1 Å².